The molecule has 1 aliphatic rings. The number of phosphoric acid groups is 1. The number of nitrogens with one attached hydrogen (secondary N) is 1. The molecule has 1 rings (SSSR count). The molecule has 1 fully saturated rings. The van der Waals surface area contributed by atoms with E-state index >= 15 is 0 Å². The third-order valence-electron chi connectivity index (χ3n) is 10.2. The zero-order valence-electron chi connectivity index (χ0n) is 31.9. The van der Waals surface area contributed by atoms with Gasteiger partial charge in [-0.25, -0.2) is 4.57 Å². The highest BCUT2D eigenvalue weighted by Gasteiger charge is 2.51. The number of phosphoric ester groups is 1. The fourth-order valence-electron chi connectivity index (χ4n) is 6.73. The van der Waals surface area contributed by atoms with Crippen molar-refractivity contribution in [3.63, 3.8) is 0 Å². The summed E-state index contributed by atoms with van der Waals surface area (Å²) >= 11 is 0. The van der Waals surface area contributed by atoms with E-state index in [1.54, 1.807) is 0 Å². The van der Waals surface area contributed by atoms with Crippen LogP contribution >= 0.6 is 7.82 Å². The van der Waals surface area contributed by atoms with Gasteiger partial charge in [-0.2, -0.15) is 0 Å². The van der Waals surface area contributed by atoms with E-state index in [-0.39, 0.29) is 12.3 Å². The fourth-order valence-corrected chi connectivity index (χ4v) is 7.70. The molecule has 0 aromatic carbocycles. The molecule has 0 bridgehead atoms. The lowest BCUT2D eigenvalue weighted by Crippen LogP contribution is -2.64. The Morgan fingerprint density at radius 3 is 1.35 bits per heavy atom. The molecule has 12 nitrogen and oxygen atoms in total. The van der Waals surface area contributed by atoms with Crippen LogP contribution in [0.15, 0.2) is 0 Å². The van der Waals surface area contributed by atoms with Gasteiger partial charge in [-0.3, -0.25) is 13.8 Å². The highest BCUT2D eigenvalue weighted by molar-refractivity contribution is 7.47. The molecule has 9 atom stereocenters. The normalized spacial score (nSPS) is 24.6. The van der Waals surface area contributed by atoms with E-state index in [0.717, 1.165) is 44.9 Å². The standard InChI is InChI=1S/C38H76NO11P/c1-3-5-7-9-11-12-13-14-15-16-17-18-19-20-22-23-25-27-31(40)30(39-32(41)28-26-24-21-10-8-6-4-2)29-49-51(47,48)50-38-36(45)34(43)33(42)35(44)37(38)46/h30-31,33-38,40,42-46H,3-29H2,1-2H3,(H,39,41)(H,47,48)/t30-,31+,33?,34+,35?,36?,37?,38?/m0/s1. The summed E-state index contributed by atoms with van der Waals surface area (Å²) < 4.78 is 22.8. The van der Waals surface area contributed by atoms with Crippen molar-refractivity contribution in [2.45, 2.75) is 230 Å². The van der Waals surface area contributed by atoms with Crippen LogP contribution in [-0.4, -0.2) is 96.8 Å². The van der Waals surface area contributed by atoms with Gasteiger partial charge in [-0.05, 0) is 12.8 Å². The lowest BCUT2D eigenvalue weighted by Gasteiger charge is -2.41. The molecule has 1 aliphatic carbocycles. The number of hydrogen-bond acceptors (Lipinski definition) is 10. The zero-order valence-corrected chi connectivity index (χ0v) is 32.8. The van der Waals surface area contributed by atoms with Crippen molar-refractivity contribution in [1.29, 1.82) is 0 Å². The summed E-state index contributed by atoms with van der Waals surface area (Å²) in [4.78, 5) is 23.1. The van der Waals surface area contributed by atoms with Crippen LogP contribution in [0.5, 0.6) is 0 Å². The smallest absolute Gasteiger partial charge is 0.391 e. The van der Waals surface area contributed by atoms with Crippen molar-refractivity contribution >= 4 is 13.7 Å². The van der Waals surface area contributed by atoms with Crippen molar-refractivity contribution in [3.8, 4) is 0 Å². The molecule has 0 aliphatic heterocycles. The van der Waals surface area contributed by atoms with Crippen LogP contribution in [-0.2, 0) is 18.4 Å². The molecule has 1 amide bonds. The second-order valence-electron chi connectivity index (χ2n) is 14.8. The second-order valence-corrected chi connectivity index (χ2v) is 16.3. The number of carbonyl (C=O) groups excluding carboxylic acids is 1. The molecule has 0 radical (unpaired) electrons. The van der Waals surface area contributed by atoms with Crippen LogP contribution in [0.3, 0.4) is 0 Å². The highest BCUT2D eigenvalue weighted by atomic mass is 31.2. The third kappa shape index (κ3) is 22.3. The predicted molar refractivity (Wildman–Crippen MR) is 200 cm³/mol. The Balaban J connectivity index is 2.46. The van der Waals surface area contributed by atoms with Crippen LogP contribution in [0, 0.1) is 0 Å². The minimum Gasteiger partial charge on any atom is -0.391 e. The van der Waals surface area contributed by atoms with Crippen molar-refractivity contribution in [1.82, 2.24) is 5.32 Å². The SMILES string of the molecule is CCCCCCCCCCCCCCCCCCC[C@@H](O)[C@H](COP(=O)(O)OC1C(O)C(O)C(O)[C@@H](O)C1O)NC(=O)CCCCCCCCC. The zero-order chi connectivity index (χ0) is 37.9. The molecule has 6 unspecified atom stereocenters. The maximum Gasteiger partial charge on any atom is 0.472 e. The number of amides is 1. The van der Waals surface area contributed by atoms with E-state index in [4.69, 9.17) is 9.05 Å². The molecular formula is C38H76NO11P. The number of carbonyl (C=O) groups is 1. The molecule has 8 N–H and O–H groups in total. The lowest BCUT2D eigenvalue weighted by atomic mass is 9.85. The maximum atomic E-state index is 12.8. The third-order valence-corrected chi connectivity index (χ3v) is 11.2. The largest absolute Gasteiger partial charge is 0.472 e. The van der Waals surface area contributed by atoms with E-state index in [1.165, 1.54) is 96.3 Å². The minimum atomic E-state index is -5.04. The first-order valence-electron chi connectivity index (χ1n) is 20.5. The average Bonchev–Trinajstić information content (AvgIpc) is 3.11. The van der Waals surface area contributed by atoms with Gasteiger partial charge in [-0.15, -0.1) is 0 Å². The van der Waals surface area contributed by atoms with E-state index in [1.807, 2.05) is 0 Å². The van der Waals surface area contributed by atoms with Crippen LogP contribution in [0.2, 0.25) is 0 Å². The summed E-state index contributed by atoms with van der Waals surface area (Å²) in [6.07, 6.45) is 16.0. The molecular weight excluding hydrogens is 677 g/mol. The molecule has 0 heterocycles. The summed E-state index contributed by atoms with van der Waals surface area (Å²) in [5, 5.41) is 63.7. The van der Waals surface area contributed by atoms with Crippen LogP contribution < -0.4 is 5.32 Å². The van der Waals surface area contributed by atoms with Crippen molar-refractivity contribution < 1.29 is 53.9 Å². The van der Waals surface area contributed by atoms with Gasteiger partial charge in [0.1, 0.15) is 36.6 Å². The molecule has 0 spiro atoms. The number of aliphatic hydroxyl groups is 6. The Morgan fingerprint density at radius 1 is 0.588 bits per heavy atom. The minimum absolute atomic E-state index is 0.238. The quantitative estimate of drug-likeness (QED) is 0.0274. The van der Waals surface area contributed by atoms with Gasteiger partial charge in [0, 0.05) is 6.42 Å². The summed E-state index contributed by atoms with van der Waals surface area (Å²) in [5.41, 5.74) is 0. The van der Waals surface area contributed by atoms with Crippen molar-refractivity contribution in [2.75, 3.05) is 6.61 Å². The Bertz CT molecular complexity index is 884. The van der Waals surface area contributed by atoms with Gasteiger partial charge >= 0.3 is 7.82 Å². The maximum absolute atomic E-state index is 12.8. The van der Waals surface area contributed by atoms with E-state index in [2.05, 4.69) is 19.2 Å². The average molecular weight is 754 g/mol. The van der Waals surface area contributed by atoms with Crippen LogP contribution in [0.25, 0.3) is 0 Å². The number of unbranched alkanes of at least 4 members (excludes halogenated alkanes) is 22. The molecule has 13 heteroatoms. The van der Waals surface area contributed by atoms with Gasteiger partial charge in [0.15, 0.2) is 0 Å². The Labute approximate surface area is 308 Å². The Hall–Kier alpha value is -0.660. The first kappa shape index (κ1) is 48.4. The summed E-state index contributed by atoms with van der Waals surface area (Å²) in [6, 6.07) is -1.02. The predicted octanol–water partition coefficient (Wildman–Crippen LogP) is 6.33. The van der Waals surface area contributed by atoms with Gasteiger partial charge in [0.25, 0.3) is 0 Å². The second kappa shape index (κ2) is 29.7. The van der Waals surface area contributed by atoms with Crippen molar-refractivity contribution in [2.24, 2.45) is 0 Å². The number of hydrogen-bond donors (Lipinski definition) is 8. The fraction of sp³-hybridized carbons (Fsp3) is 0.974. The molecule has 1 saturated carbocycles. The topological polar surface area (TPSA) is 206 Å². The van der Waals surface area contributed by atoms with Crippen molar-refractivity contribution in [3.05, 3.63) is 0 Å². The highest BCUT2D eigenvalue weighted by Crippen LogP contribution is 2.47. The summed E-state index contributed by atoms with van der Waals surface area (Å²) in [7, 11) is -5.04. The molecule has 51 heavy (non-hydrogen) atoms. The number of aliphatic hydroxyl groups excluding tert-OH is 6. The van der Waals surface area contributed by atoms with Gasteiger partial charge in [0.05, 0.1) is 18.8 Å². The van der Waals surface area contributed by atoms with E-state index < -0.39 is 63.2 Å². The van der Waals surface area contributed by atoms with E-state index in [0.29, 0.717) is 19.3 Å². The molecule has 0 saturated heterocycles. The molecule has 304 valence electrons. The molecule has 0 aromatic rings. The van der Waals surface area contributed by atoms with E-state index in [9.17, 15) is 44.9 Å². The van der Waals surface area contributed by atoms with Gasteiger partial charge in [-0.1, -0.05) is 162 Å². The summed E-state index contributed by atoms with van der Waals surface area (Å²) in [6.45, 7) is 3.82. The lowest BCUT2D eigenvalue weighted by molar-refractivity contribution is -0.220. The van der Waals surface area contributed by atoms with Gasteiger partial charge in [0.2, 0.25) is 5.91 Å². The van der Waals surface area contributed by atoms with Crippen LogP contribution in [0.4, 0.5) is 0 Å². The molecule has 0 aromatic heterocycles. The number of rotatable bonds is 33. The first-order valence-corrected chi connectivity index (χ1v) is 22.0. The monoisotopic (exact) mass is 754 g/mol. The van der Waals surface area contributed by atoms with Gasteiger partial charge < -0.3 is 40.8 Å². The Morgan fingerprint density at radius 2 is 0.941 bits per heavy atom. The Kier molecular flexibility index (Phi) is 28.1. The summed E-state index contributed by atoms with van der Waals surface area (Å²) in [5.74, 6) is -0.314. The first-order chi connectivity index (χ1) is 24.4. The van der Waals surface area contributed by atoms with Crippen LogP contribution in [0.1, 0.15) is 181 Å².